The Bertz CT molecular complexity index is 461. The number of benzene rings is 1. The van der Waals surface area contributed by atoms with Gasteiger partial charge in [-0.1, -0.05) is 66.2 Å². The third kappa shape index (κ3) is 5.10. The highest BCUT2D eigenvalue weighted by molar-refractivity contribution is 5.37. The van der Waals surface area contributed by atoms with Gasteiger partial charge < -0.3 is 10.8 Å². The molecule has 0 aliphatic carbocycles. The summed E-state index contributed by atoms with van der Waals surface area (Å²) in [4.78, 5) is 0. The van der Waals surface area contributed by atoms with Crippen LogP contribution in [-0.2, 0) is 11.8 Å². The molecule has 3 atom stereocenters. The van der Waals surface area contributed by atoms with Gasteiger partial charge in [0.05, 0.1) is 6.10 Å². The number of nitrogens with two attached hydrogens (primary N) is 1. The predicted octanol–water partition coefficient (Wildman–Crippen LogP) is 4.53. The van der Waals surface area contributed by atoms with Crippen molar-refractivity contribution in [2.24, 2.45) is 5.73 Å². The van der Waals surface area contributed by atoms with Crippen molar-refractivity contribution in [3.05, 3.63) is 34.9 Å². The molecule has 0 saturated carbocycles. The number of hydrogen-bond donors (Lipinski definition) is 2. The van der Waals surface area contributed by atoms with Crippen LogP contribution in [0.1, 0.15) is 83.4 Å². The van der Waals surface area contributed by atoms with E-state index in [0.29, 0.717) is 5.92 Å². The van der Waals surface area contributed by atoms with Crippen molar-refractivity contribution in [3.63, 3.8) is 0 Å². The molecule has 0 aliphatic heterocycles. The van der Waals surface area contributed by atoms with Crippen LogP contribution < -0.4 is 5.73 Å². The zero-order valence-electron chi connectivity index (χ0n) is 15.3. The van der Waals surface area contributed by atoms with E-state index in [1.807, 2.05) is 0 Å². The van der Waals surface area contributed by atoms with Crippen LogP contribution >= 0.6 is 0 Å². The maximum Gasteiger partial charge on any atom is 0.0696 e. The van der Waals surface area contributed by atoms with E-state index in [-0.39, 0.29) is 11.5 Å². The lowest BCUT2D eigenvalue weighted by atomic mass is 9.81. The molecule has 1 aromatic carbocycles. The fourth-order valence-corrected chi connectivity index (χ4v) is 3.03. The highest BCUT2D eigenvalue weighted by Crippen LogP contribution is 2.31. The van der Waals surface area contributed by atoms with Crippen molar-refractivity contribution in [2.75, 3.05) is 0 Å². The molecule has 0 radical (unpaired) electrons. The molecule has 1 aromatic rings. The summed E-state index contributed by atoms with van der Waals surface area (Å²) >= 11 is 0. The quantitative estimate of drug-likeness (QED) is 0.777. The summed E-state index contributed by atoms with van der Waals surface area (Å²) in [5, 5.41) is 10.3. The van der Waals surface area contributed by atoms with Gasteiger partial charge in [0.15, 0.2) is 0 Å². The van der Waals surface area contributed by atoms with Crippen molar-refractivity contribution in [1.29, 1.82) is 0 Å². The number of hydrogen-bond acceptors (Lipinski definition) is 2. The molecule has 2 nitrogen and oxygen atoms in total. The first-order valence-electron chi connectivity index (χ1n) is 8.77. The first-order chi connectivity index (χ1) is 10.2. The minimum Gasteiger partial charge on any atom is -0.391 e. The fourth-order valence-electron chi connectivity index (χ4n) is 3.03. The minimum atomic E-state index is -0.419. The van der Waals surface area contributed by atoms with E-state index in [4.69, 9.17) is 5.73 Å². The molecule has 2 heteroatoms. The van der Waals surface area contributed by atoms with Crippen LogP contribution in [0.2, 0.25) is 0 Å². The molecule has 0 bridgehead atoms. The van der Waals surface area contributed by atoms with Crippen molar-refractivity contribution >= 4 is 0 Å². The van der Waals surface area contributed by atoms with Crippen LogP contribution in [0.5, 0.6) is 0 Å². The second kappa shape index (κ2) is 8.12. The van der Waals surface area contributed by atoms with Gasteiger partial charge in [-0.25, -0.2) is 0 Å². The van der Waals surface area contributed by atoms with E-state index in [9.17, 15) is 5.11 Å². The van der Waals surface area contributed by atoms with Crippen LogP contribution in [0.3, 0.4) is 0 Å². The Morgan fingerprint density at radius 1 is 1.18 bits per heavy atom. The standard InChI is InChI=1S/C20H35NO/c1-7-9-18(21)19(22)12-14(3)17-13-16(20(4,5)6)11-10-15(17)8-2/h10-11,13-14,18-19,22H,7-9,12,21H2,1-6H3. The van der Waals surface area contributed by atoms with Gasteiger partial charge in [0.2, 0.25) is 0 Å². The summed E-state index contributed by atoms with van der Waals surface area (Å²) in [6, 6.07) is 6.73. The first kappa shape index (κ1) is 19.2. The van der Waals surface area contributed by atoms with Crippen molar-refractivity contribution in [2.45, 2.75) is 90.7 Å². The summed E-state index contributed by atoms with van der Waals surface area (Å²) < 4.78 is 0. The maximum atomic E-state index is 10.3. The van der Waals surface area contributed by atoms with Gasteiger partial charge in [-0.3, -0.25) is 0 Å². The Hall–Kier alpha value is -0.860. The van der Waals surface area contributed by atoms with Crippen LogP contribution in [0, 0.1) is 0 Å². The molecule has 3 unspecified atom stereocenters. The topological polar surface area (TPSA) is 46.2 Å². The average Bonchev–Trinajstić information content (AvgIpc) is 2.45. The van der Waals surface area contributed by atoms with E-state index < -0.39 is 6.10 Å². The number of aryl methyl sites for hydroxylation is 1. The van der Waals surface area contributed by atoms with Crippen LogP contribution in [-0.4, -0.2) is 17.3 Å². The SMILES string of the molecule is CCCC(N)C(O)CC(C)c1cc(C(C)(C)C)ccc1CC. The Labute approximate surface area is 137 Å². The zero-order chi connectivity index (χ0) is 16.9. The van der Waals surface area contributed by atoms with Gasteiger partial charge >= 0.3 is 0 Å². The normalized spacial score (nSPS) is 16.4. The molecule has 0 spiro atoms. The number of aliphatic hydroxyl groups is 1. The van der Waals surface area contributed by atoms with Crippen LogP contribution in [0.25, 0.3) is 0 Å². The summed E-state index contributed by atoms with van der Waals surface area (Å²) in [5.41, 5.74) is 10.3. The largest absolute Gasteiger partial charge is 0.391 e. The Kier molecular flexibility index (Phi) is 7.08. The van der Waals surface area contributed by atoms with E-state index in [1.165, 1.54) is 16.7 Å². The summed E-state index contributed by atoms with van der Waals surface area (Å²) in [5.74, 6) is 0.329. The Morgan fingerprint density at radius 3 is 2.32 bits per heavy atom. The van der Waals surface area contributed by atoms with E-state index in [1.54, 1.807) is 0 Å². The lowest BCUT2D eigenvalue weighted by molar-refractivity contribution is 0.124. The highest BCUT2D eigenvalue weighted by Gasteiger charge is 2.21. The van der Waals surface area contributed by atoms with E-state index >= 15 is 0 Å². The van der Waals surface area contributed by atoms with Gasteiger partial charge in [0, 0.05) is 6.04 Å². The van der Waals surface area contributed by atoms with Crippen LogP contribution in [0.15, 0.2) is 18.2 Å². The van der Waals surface area contributed by atoms with Crippen LogP contribution in [0.4, 0.5) is 0 Å². The Morgan fingerprint density at radius 2 is 1.82 bits per heavy atom. The summed E-state index contributed by atoms with van der Waals surface area (Å²) in [7, 11) is 0. The molecule has 126 valence electrons. The van der Waals surface area contributed by atoms with Crippen molar-refractivity contribution in [1.82, 2.24) is 0 Å². The number of rotatable bonds is 7. The average molecular weight is 306 g/mol. The van der Waals surface area contributed by atoms with Gasteiger partial charge in [0.1, 0.15) is 0 Å². The molecule has 0 heterocycles. The molecular weight excluding hydrogens is 270 g/mol. The highest BCUT2D eigenvalue weighted by atomic mass is 16.3. The fraction of sp³-hybridized carbons (Fsp3) is 0.700. The molecule has 0 saturated heterocycles. The van der Waals surface area contributed by atoms with E-state index in [2.05, 4.69) is 59.7 Å². The Balaban J connectivity index is 2.97. The third-order valence-corrected chi connectivity index (χ3v) is 4.63. The van der Waals surface area contributed by atoms with Gasteiger partial charge in [0.25, 0.3) is 0 Å². The minimum absolute atomic E-state index is 0.108. The lowest BCUT2D eigenvalue weighted by Crippen LogP contribution is -2.35. The predicted molar refractivity (Wildman–Crippen MR) is 96.4 cm³/mol. The molecule has 0 aliphatic rings. The van der Waals surface area contributed by atoms with Crippen molar-refractivity contribution in [3.8, 4) is 0 Å². The smallest absolute Gasteiger partial charge is 0.0696 e. The molecule has 0 amide bonds. The zero-order valence-corrected chi connectivity index (χ0v) is 15.3. The van der Waals surface area contributed by atoms with E-state index in [0.717, 1.165) is 25.7 Å². The lowest BCUT2D eigenvalue weighted by Gasteiger charge is -2.26. The molecule has 3 N–H and O–H groups in total. The monoisotopic (exact) mass is 305 g/mol. The second-order valence-electron chi connectivity index (χ2n) is 7.67. The summed E-state index contributed by atoms with van der Waals surface area (Å²) in [6.45, 7) is 13.2. The molecule has 0 aromatic heterocycles. The molecule has 22 heavy (non-hydrogen) atoms. The van der Waals surface area contributed by atoms with Gasteiger partial charge in [-0.05, 0) is 47.3 Å². The maximum absolute atomic E-state index is 10.3. The molecule has 1 rings (SSSR count). The van der Waals surface area contributed by atoms with Gasteiger partial charge in [-0.15, -0.1) is 0 Å². The van der Waals surface area contributed by atoms with Gasteiger partial charge in [-0.2, -0.15) is 0 Å². The van der Waals surface area contributed by atoms with Crippen molar-refractivity contribution < 1.29 is 5.11 Å². The second-order valence-corrected chi connectivity index (χ2v) is 7.67. The summed E-state index contributed by atoms with van der Waals surface area (Å²) in [6.07, 6.45) is 3.25. The molecular formula is C20H35NO. The first-order valence-corrected chi connectivity index (χ1v) is 8.77. The number of aliphatic hydroxyl groups excluding tert-OH is 1. The molecule has 0 fully saturated rings. The third-order valence-electron chi connectivity index (χ3n) is 4.63.